The number of piperidine rings is 1. The van der Waals surface area contributed by atoms with Crippen LogP contribution in [-0.4, -0.2) is 254 Å². The first-order valence-corrected chi connectivity index (χ1v) is 50.5. The predicted molar refractivity (Wildman–Crippen MR) is 511 cm³/mol. The van der Waals surface area contributed by atoms with Crippen molar-refractivity contribution in [2.75, 3.05) is 72.6 Å². The summed E-state index contributed by atoms with van der Waals surface area (Å²) in [5.74, 6) is -5.70. The number of piperazine rings is 1. The molecule has 0 unspecified atom stereocenters. The van der Waals surface area contributed by atoms with E-state index >= 15 is 0 Å². The minimum atomic E-state index is -2.76. The van der Waals surface area contributed by atoms with Crippen LogP contribution >= 0.6 is 0 Å². The highest BCUT2D eigenvalue weighted by atomic mass is 19.3. The van der Waals surface area contributed by atoms with Crippen molar-refractivity contribution in [3.8, 4) is 11.4 Å². The number of carbonyl (C=O) groups excluding carboxylic acids is 9. The summed E-state index contributed by atoms with van der Waals surface area (Å²) in [5.41, 5.74) is 7.43. The van der Waals surface area contributed by atoms with Crippen molar-refractivity contribution in [1.29, 1.82) is 0 Å². The van der Waals surface area contributed by atoms with Crippen molar-refractivity contribution in [2.24, 2.45) is 41.4 Å². The fourth-order valence-electron chi connectivity index (χ4n) is 22.3. The summed E-state index contributed by atoms with van der Waals surface area (Å²) < 4.78 is 63.8. The summed E-state index contributed by atoms with van der Waals surface area (Å²) in [7, 11) is 1.70. The third-order valence-electron chi connectivity index (χ3n) is 31.3. The van der Waals surface area contributed by atoms with E-state index < -0.39 is 77.9 Å². The molecule has 25 nitrogen and oxygen atoms in total. The fourth-order valence-corrected chi connectivity index (χ4v) is 22.3. The first-order valence-electron chi connectivity index (χ1n) is 50.5. The number of aryl methyl sites for hydroxylation is 1. The molecule has 6 saturated heterocycles. The fraction of sp³-hybridized carbons (Fsp3) is 0.648. The monoisotopic (exact) mass is 1860 g/mol. The highest BCUT2D eigenvalue weighted by Crippen LogP contribution is 2.44. The summed E-state index contributed by atoms with van der Waals surface area (Å²) in [6, 6.07) is 23.8. The molecule has 734 valence electrons. The standard InChI is InChI=1S/C44H58F2N6O6.C33H48F2N4O4.C28H43N3O2/c1-7-23(4)42(56)50-36(9-3)44(58)52-22-31(54)18-29(52)20-35-33-13-11-27(46)16-38(33)49-41(35)40-34(32-12-10-26(45)15-37(32)48-40)19-28-17-30(53)21-51(28)43(57)25(8-2)14-39(55)24(5)47-6;1-4-21(3)30(40)37-29(23-13-15-33(34,35)16-14-23)32(42)39-18-24-17-25(43-5-2)19-38(24)20-28(39)31(41)36-27-12-8-10-22-9-6-7-11-26(22)27;1-3-21(2)27(32)29-26(24-12-8-5-9-13-24)28(33)31-19-16-23-15-18-30(20-25(23)31)17-14-22-10-6-4-7-11-22/h10-13,15-16,23-25,28-31,36,47-49,53-54H,7-9,14,17-22H2,1-6H3,(H,50,56);6-7,9,11,21,23-25,27-29H,4-5,8,10,12-20H2,1-3H3,(H,36,41)(H,37,40);4,6-7,10-11,21,23-26H,3,5,8-9,12-20H2,1-2H3,(H,29,32)/t23-,24+,25-,28+,29+,30+,31+,36+;21-,24-,25-,27-,28+,29+;21-,23-,25-,26+/m111/s1. The van der Waals surface area contributed by atoms with Gasteiger partial charge in [0.25, 0.3) is 0 Å². The van der Waals surface area contributed by atoms with Crippen LogP contribution in [0.15, 0.2) is 91.0 Å². The zero-order valence-electron chi connectivity index (χ0n) is 80.8. The van der Waals surface area contributed by atoms with Gasteiger partial charge < -0.3 is 76.0 Å². The van der Waals surface area contributed by atoms with E-state index in [1.807, 2.05) is 67.5 Å². The zero-order chi connectivity index (χ0) is 95.9. The number of aliphatic hydroxyl groups is 2. The lowest BCUT2D eigenvalue weighted by Crippen LogP contribution is -2.66. The molecule has 0 radical (unpaired) electrons. The van der Waals surface area contributed by atoms with Crippen molar-refractivity contribution < 1.29 is 75.7 Å². The SMILES string of the molecule is CCO[C@@H]1C[C@@H]2CN(C(=O)[C@@H](NC(=O)[C@H](C)CC)C3CCC(F)(F)CC3)[C@H](C(=O)N[C@@H]3CCCc4ccccc43)CN2C1.CC[C@@H](C)C(=O)N[C@H](C(=O)N1CC[C@H]2CCN(CCc3ccccc3)C[C@H]21)C1CCCCC1.CC[C@H](CC(=O)[C@H](C)NC)C(=O)N1C[C@@H](O)C[C@H]1Cc1c(-c2[nH]c3cc(F)ccc3c2C[C@@H]2C[C@H](O)CN2C(=O)[C@H](CC)NC(=O)[C@H](C)CC)[nH]c2cc(F)ccc12. The van der Waals surface area contributed by atoms with Gasteiger partial charge in [0.15, 0.2) is 0 Å². The van der Waals surface area contributed by atoms with Gasteiger partial charge in [-0.05, 0) is 238 Å². The quantitative estimate of drug-likeness (QED) is 0.0173. The largest absolute Gasteiger partial charge is 0.391 e. The molecule has 8 heterocycles. The van der Waals surface area contributed by atoms with Crippen molar-refractivity contribution >= 4 is 74.8 Å². The Morgan fingerprint density at radius 3 is 1.67 bits per heavy atom. The maximum absolute atomic E-state index is 14.8. The van der Waals surface area contributed by atoms with Crippen molar-refractivity contribution in [2.45, 2.75) is 321 Å². The number of aromatic nitrogens is 2. The number of aliphatic hydroxyl groups excluding tert-OH is 2. The van der Waals surface area contributed by atoms with Gasteiger partial charge in [0, 0.05) is 148 Å². The Morgan fingerprint density at radius 1 is 0.552 bits per heavy atom. The number of fused-ring (bicyclic) bond motifs is 5. The van der Waals surface area contributed by atoms with Crippen molar-refractivity contribution in [1.82, 2.24) is 66.0 Å². The Kier molecular flexibility index (Phi) is 35.7. The van der Waals surface area contributed by atoms with E-state index in [-0.39, 0.29) is 165 Å². The summed E-state index contributed by atoms with van der Waals surface area (Å²) in [5, 5.41) is 38.6. The smallest absolute Gasteiger partial charge is 0.248 e. The van der Waals surface area contributed by atoms with E-state index in [0.29, 0.717) is 103 Å². The number of Topliss-reactive ketones (excluding diaryl/α,β-unsaturated/α-hetero) is 1. The Bertz CT molecular complexity index is 4850. The molecule has 9 N–H and O–H groups in total. The van der Waals surface area contributed by atoms with Gasteiger partial charge in [0.2, 0.25) is 53.2 Å². The molecule has 6 aromatic rings. The number of aromatic amines is 2. The van der Waals surface area contributed by atoms with Gasteiger partial charge in [-0.3, -0.25) is 48.1 Å². The van der Waals surface area contributed by atoms with Crippen LogP contribution in [0, 0.1) is 53.1 Å². The molecule has 3 aliphatic carbocycles. The number of hydrogen-bond donors (Lipinski definition) is 9. The van der Waals surface area contributed by atoms with E-state index in [0.717, 1.165) is 101 Å². The molecule has 29 heteroatoms. The van der Waals surface area contributed by atoms with E-state index in [9.17, 15) is 70.9 Å². The third-order valence-corrected chi connectivity index (χ3v) is 31.3. The van der Waals surface area contributed by atoms with E-state index in [1.54, 1.807) is 47.7 Å². The number of H-pyrrole nitrogens is 2. The molecular formula is C105H149F4N13O12. The Labute approximate surface area is 789 Å². The average Bonchev–Trinajstić information content (AvgIpc) is 1.59. The lowest BCUT2D eigenvalue weighted by Gasteiger charge is -2.45. The number of likely N-dealkylation sites (tertiary alicyclic amines) is 4. The highest BCUT2D eigenvalue weighted by Gasteiger charge is 2.51. The number of carbonyl (C=O) groups is 9. The molecule has 4 aromatic carbocycles. The van der Waals surface area contributed by atoms with Crippen LogP contribution < -0.4 is 26.6 Å². The molecule has 2 aromatic heterocycles. The van der Waals surface area contributed by atoms with Crippen LogP contribution in [0.3, 0.4) is 0 Å². The van der Waals surface area contributed by atoms with Gasteiger partial charge in [-0.1, -0.05) is 129 Å². The predicted octanol–water partition coefficient (Wildman–Crippen LogP) is 13.6. The first kappa shape index (κ1) is 102. The number of nitrogens with zero attached hydrogens (tertiary/aromatic N) is 6. The minimum absolute atomic E-state index is 0.0282. The Morgan fingerprint density at radius 2 is 1.10 bits per heavy atom. The number of rotatable bonds is 33. The number of halogens is 4. The molecule has 18 atom stereocenters. The number of hydrogen-bond acceptors (Lipinski definition) is 15. The van der Waals surface area contributed by atoms with Gasteiger partial charge in [-0.25, -0.2) is 17.6 Å². The Balaban J connectivity index is 0.000000177. The molecule has 8 amide bonds. The van der Waals surface area contributed by atoms with Gasteiger partial charge in [-0.2, -0.15) is 0 Å². The van der Waals surface area contributed by atoms with Gasteiger partial charge in [-0.15, -0.1) is 0 Å². The van der Waals surface area contributed by atoms with Crippen LogP contribution in [0.4, 0.5) is 17.6 Å². The molecule has 9 aliphatic rings. The minimum Gasteiger partial charge on any atom is -0.391 e. The summed E-state index contributed by atoms with van der Waals surface area (Å²) in [6.45, 7) is 25.1. The van der Waals surface area contributed by atoms with Gasteiger partial charge >= 0.3 is 0 Å². The van der Waals surface area contributed by atoms with E-state index in [1.165, 1.54) is 61.1 Å². The number of β-amino-alcohol motifs (C(OH)–C–C–N with tert-alkyl or cyclic N) is 2. The second-order valence-corrected chi connectivity index (χ2v) is 40.1. The van der Waals surface area contributed by atoms with Crippen LogP contribution in [0.25, 0.3) is 33.2 Å². The average molecular weight is 1860 g/mol. The first-order chi connectivity index (χ1) is 64.3. The summed E-state index contributed by atoms with van der Waals surface area (Å²) in [4.78, 5) is 141. The van der Waals surface area contributed by atoms with Gasteiger partial charge in [0.1, 0.15) is 41.6 Å². The number of nitrogens with one attached hydrogen (secondary N) is 7. The number of ether oxygens (including phenoxy) is 1. The van der Waals surface area contributed by atoms with E-state index in [4.69, 9.17) is 4.74 Å². The normalized spacial score (nSPS) is 25.1. The lowest BCUT2D eigenvalue weighted by molar-refractivity contribution is -0.150. The molecule has 134 heavy (non-hydrogen) atoms. The number of amides is 8. The number of ketones is 1. The van der Waals surface area contributed by atoms with Crippen LogP contribution in [0.2, 0.25) is 0 Å². The number of likely N-dealkylation sites (N-methyl/N-ethyl adjacent to an activating group) is 1. The van der Waals surface area contributed by atoms with Crippen LogP contribution in [0.5, 0.6) is 0 Å². The lowest BCUT2D eigenvalue weighted by atomic mass is 9.81. The number of alkyl halides is 2. The topological polar surface area (TPSA) is 314 Å². The summed E-state index contributed by atoms with van der Waals surface area (Å²) in [6.07, 6.45) is 14.8. The molecule has 0 bridgehead atoms. The summed E-state index contributed by atoms with van der Waals surface area (Å²) >= 11 is 0. The van der Waals surface area contributed by atoms with Crippen molar-refractivity contribution in [3.63, 3.8) is 0 Å². The molecule has 15 rings (SSSR count). The maximum atomic E-state index is 14.8. The van der Waals surface area contributed by atoms with Crippen LogP contribution in [-0.2, 0) is 73.6 Å². The molecule has 2 saturated carbocycles. The zero-order valence-corrected chi connectivity index (χ0v) is 80.8. The second-order valence-electron chi connectivity index (χ2n) is 40.1. The molecular weight excluding hydrogens is 1710 g/mol. The molecule has 6 aliphatic heterocycles. The molecule has 8 fully saturated rings. The number of benzene rings is 4. The Hall–Kier alpha value is -9.13. The molecule has 0 spiro atoms. The van der Waals surface area contributed by atoms with Crippen LogP contribution in [0.1, 0.15) is 244 Å². The van der Waals surface area contributed by atoms with E-state index in [2.05, 4.69) is 93.7 Å². The van der Waals surface area contributed by atoms with Crippen molar-refractivity contribution in [3.05, 3.63) is 130 Å². The third kappa shape index (κ3) is 24.7. The highest BCUT2D eigenvalue weighted by molar-refractivity contribution is 5.98. The van der Waals surface area contributed by atoms with Gasteiger partial charge in [0.05, 0.1) is 41.8 Å². The maximum Gasteiger partial charge on any atom is 0.248 e. The second kappa shape index (κ2) is 46.8.